The lowest BCUT2D eigenvalue weighted by atomic mass is 10.1. The zero-order valence-corrected chi connectivity index (χ0v) is 15.6. The molecule has 0 heterocycles. The van der Waals surface area contributed by atoms with Crippen LogP contribution in [0.3, 0.4) is 0 Å². The fourth-order valence-corrected chi connectivity index (χ4v) is 2.82. The largest absolute Gasteiger partial charge is 0.489 e. The van der Waals surface area contributed by atoms with Crippen molar-refractivity contribution in [3.63, 3.8) is 0 Å². The first-order chi connectivity index (χ1) is 13.5. The summed E-state index contributed by atoms with van der Waals surface area (Å²) in [6.07, 6.45) is -0.986. The maximum absolute atomic E-state index is 13.2. The maximum Gasteiger partial charge on any atom is 0.251 e. The van der Waals surface area contributed by atoms with E-state index in [1.807, 2.05) is 31.2 Å². The average Bonchev–Trinajstić information content (AvgIpc) is 2.70. The van der Waals surface area contributed by atoms with Crippen molar-refractivity contribution >= 4 is 5.91 Å². The Hall–Kier alpha value is -3.18. The number of aliphatic hydroxyl groups excluding tert-OH is 1. The van der Waals surface area contributed by atoms with E-state index in [9.17, 15) is 14.3 Å². The molecular formula is C23H22FNO3. The van der Waals surface area contributed by atoms with Crippen LogP contribution < -0.4 is 10.1 Å². The predicted molar refractivity (Wildman–Crippen MR) is 106 cm³/mol. The van der Waals surface area contributed by atoms with Crippen LogP contribution in [0.2, 0.25) is 0 Å². The molecule has 1 amide bonds. The molecule has 1 unspecified atom stereocenters. The molecule has 0 aromatic heterocycles. The van der Waals surface area contributed by atoms with E-state index in [1.165, 1.54) is 18.2 Å². The SMILES string of the molecule is Cc1cccc(COc2cccc(C(=O)NCC(O)c3cccc(F)c3)c2)c1. The molecule has 2 N–H and O–H groups in total. The first-order valence-electron chi connectivity index (χ1n) is 9.01. The number of nitrogens with one attached hydrogen (secondary N) is 1. The Kier molecular flexibility index (Phi) is 6.40. The van der Waals surface area contributed by atoms with Crippen LogP contribution in [-0.2, 0) is 6.61 Å². The van der Waals surface area contributed by atoms with Crippen LogP contribution in [0.15, 0.2) is 72.8 Å². The van der Waals surface area contributed by atoms with E-state index in [2.05, 4.69) is 5.32 Å². The highest BCUT2D eigenvalue weighted by Crippen LogP contribution is 2.17. The minimum atomic E-state index is -0.986. The minimum absolute atomic E-state index is 0.0172. The summed E-state index contributed by atoms with van der Waals surface area (Å²) in [7, 11) is 0. The molecule has 4 nitrogen and oxygen atoms in total. The number of carbonyl (C=O) groups excluding carboxylic acids is 1. The molecule has 0 spiro atoms. The number of hydrogen-bond donors (Lipinski definition) is 2. The highest BCUT2D eigenvalue weighted by Gasteiger charge is 2.12. The van der Waals surface area contributed by atoms with Gasteiger partial charge in [0.15, 0.2) is 0 Å². The summed E-state index contributed by atoms with van der Waals surface area (Å²) in [6.45, 7) is 2.41. The highest BCUT2D eigenvalue weighted by molar-refractivity contribution is 5.94. The molecule has 0 aliphatic carbocycles. The molecule has 0 aliphatic rings. The van der Waals surface area contributed by atoms with Gasteiger partial charge in [0.05, 0.1) is 6.10 Å². The van der Waals surface area contributed by atoms with E-state index in [0.717, 1.165) is 11.1 Å². The minimum Gasteiger partial charge on any atom is -0.489 e. The van der Waals surface area contributed by atoms with Gasteiger partial charge in [-0.25, -0.2) is 4.39 Å². The summed E-state index contributed by atoms with van der Waals surface area (Å²) in [4.78, 5) is 12.4. The summed E-state index contributed by atoms with van der Waals surface area (Å²) in [5.74, 6) is -0.183. The number of aliphatic hydroxyl groups is 1. The molecule has 3 aromatic rings. The third-order valence-electron chi connectivity index (χ3n) is 4.27. The first-order valence-corrected chi connectivity index (χ1v) is 9.01. The fourth-order valence-electron chi connectivity index (χ4n) is 2.82. The average molecular weight is 379 g/mol. The monoisotopic (exact) mass is 379 g/mol. The summed E-state index contributed by atoms with van der Waals surface area (Å²) >= 11 is 0. The molecule has 5 heteroatoms. The van der Waals surface area contributed by atoms with Crippen molar-refractivity contribution in [3.05, 3.63) is 101 Å². The van der Waals surface area contributed by atoms with Crippen molar-refractivity contribution in [1.82, 2.24) is 5.32 Å². The molecule has 0 aliphatic heterocycles. The summed E-state index contributed by atoms with van der Waals surface area (Å²) < 4.78 is 19.0. The van der Waals surface area contributed by atoms with Crippen LogP contribution in [0, 0.1) is 12.7 Å². The fraction of sp³-hybridized carbons (Fsp3) is 0.174. The van der Waals surface area contributed by atoms with E-state index in [4.69, 9.17) is 4.74 Å². The molecule has 144 valence electrons. The van der Waals surface area contributed by atoms with Gasteiger partial charge >= 0.3 is 0 Å². The molecule has 3 rings (SSSR count). The standard InChI is InChI=1S/C23H22FNO3/c1-16-5-2-6-17(11-16)15-28-21-10-4-8-19(13-21)23(27)25-14-22(26)18-7-3-9-20(24)12-18/h2-13,22,26H,14-15H2,1H3,(H,25,27). The van der Waals surface area contributed by atoms with E-state index < -0.39 is 11.9 Å². The van der Waals surface area contributed by atoms with Gasteiger partial charge in [-0.15, -0.1) is 0 Å². The second-order valence-corrected chi connectivity index (χ2v) is 6.59. The van der Waals surface area contributed by atoms with Crippen molar-refractivity contribution in [2.45, 2.75) is 19.6 Å². The van der Waals surface area contributed by atoms with Crippen molar-refractivity contribution in [2.24, 2.45) is 0 Å². The molecule has 0 radical (unpaired) electrons. The number of amides is 1. The van der Waals surface area contributed by atoms with E-state index in [-0.39, 0.29) is 12.5 Å². The summed E-state index contributed by atoms with van der Waals surface area (Å²) in [6, 6.07) is 20.6. The Balaban J connectivity index is 1.57. The normalized spacial score (nSPS) is 11.7. The van der Waals surface area contributed by atoms with Gasteiger partial charge in [0.25, 0.3) is 5.91 Å². The second kappa shape index (κ2) is 9.15. The van der Waals surface area contributed by atoms with Crippen molar-refractivity contribution < 1.29 is 19.0 Å². The van der Waals surface area contributed by atoms with Crippen LogP contribution in [0.1, 0.15) is 33.2 Å². The number of rotatable bonds is 7. The maximum atomic E-state index is 13.2. The Morgan fingerprint density at radius 2 is 1.86 bits per heavy atom. The number of halogens is 1. The van der Waals surface area contributed by atoms with E-state index in [0.29, 0.717) is 23.5 Å². The van der Waals surface area contributed by atoms with E-state index >= 15 is 0 Å². The van der Waals surface area contributed by atoms with Gasteiger partial charge in [0.1, 0.15) is 18.2 Å². The lowest BCUT2D eigenvalue weighted by Gasteiger charge is -2.13. The molecule has 0 saturated heterocycles. The van der Waals surface area contributed by atoms with Crippen molar-refractivity contribution in [1.29, 1.82) is 0 Å². The Morgan fingerprint density at radius 1 is 1.07 bits per heavy atom. The first kappa shape index (κ1) is 19.6. The van der Waals surface area contributed by atoms with Gasteiger partial charge in [0, 0.05) is 12.1 Å². The molecule has 3 aromatic carbocycles. The van der Waals surface area contributed by atoms with Gasteiger partial charge < -0.3 is 15.2 Å². The van der Waals surface area contributed by atoms with Crippen LogP contribution >= 0.6 is 0 Å². The van der Waals surface area contributed by atoms with Crippen molar-refractivity contribution in [2.75, 3.05) is 6.54 Å². The molecule has 0 fully saturated rings. The number of aryl methyl sites for hydroxylation is 1. The zero-order valence-electron chi connectivity index (χ0n) is 15.6. The van der Waals surface area contributed by atoms with Crippen LogP contribution in [0.5, 0.6) is 5.75 Å². The lowest BCUT2D eigenvalue weighted by molar-refractivity contribution is 0.0915. The molecule has 0 bridgehead atoms. The Morgan fingerprint density at radius 3 is 2.64 bits per heavy atom. The van der Waals surface area contributed by atoms with Crippen LogP contribution in [0.25, 0.3) is 0 Å². The van der Waals surface area contributed by atoms with Gasteiger partial charge in [0.2, 0.25) is 0 Å². The van der Waals surface area contributed by atoms with Crippen LogP contribution in [0.4, 0.5) is 4.39 Å². The third kappa shape index (κ3) is 5.41. The zero-order chi connectivity index (χ0) is 19.9. The Labute approximate surface area is 163 Å². The summed E-state index contributed by atoms with van der Waals surface area (Å²) in [5.41, 5.74) is 3.04. The van der Waals surface area contributed by atoms with Gasteiger partial charge in [-0.2, -0.15) is 0 Å². The van der Waals surface area contributed by atoms with E-state index in [1.54, 1.807) is 30.3 Å². The lowest BCUT2D eigenvalue weighted by Crippen LogP contribution is -2.28. The predicted octanol–water partition coefficient (Wildman–Crippen LogP) is 4.18. The second-order valence-electron chi connectivity index (χ2n) is 6.59. The Bertz CT molecular complexity index is 958. The number of carbonyl (C=O) groups is 1. The number of benzene rings is 3. The van der Waals surface area contributed by atoms with Gasteiger partial charge in [-0.1, -0.05) is 48.0 Å². The summed E-state index contributed by atoms with van der Waals surface area (Å²) in [5, 5.41) is 12.8. The smallest absolute Gasteiger partial charge is 0.251 e. The number of hydrogen-bond acceptors (Lipinski definition) is 3. The molecule has 1 atom stereocenters. The molecule has 0 saturated carbocycles. The van der Waals surface area contributed by atoms with Crippen LogP contribution in [-0.4, -0.2) is 17.6 Å². The van der Waals surface area contributed by atoms with Gasteiger partial charge in [-0.05, 0) is 48.4 Å². The topological polar surface area (TPSA) is 58.6 Å². The third-order valence-corrected chi connectivity index (χ3v) is 4.27. The highest BCUT2D eigenvalue weighted by atomic mass is 19.1. The van der Waals surface area contributed by atoms with Gasteiger partial charge in [-0.3, -0.25) is 4.79 Å². The number of ether oxygens (including phenoxy) is 1. The van der Waals surface area contributed by atoms with Crippen molar-refractivity contribution in [3.8, 4) is 5.75 Å². The quantitative estimate of drug-likeness (QED) is 0.648. The molecular weight excluding hydrogens is 357 g/mol. The molecule has 28 heavy (non-hydrogen) atoms.